The zero-order valence-electron chi connectivity index (χ0n) is 15.9. The van der Waals surface area contributed by atoms with Gasteiger partial charge in [-0.2, -0.15) is 18.3 Å². The number of nitrogens with two attached hydrogens (primary N) is 1. The number of rotatable bonds is 5. The average molecular weight is 438 g/mol. The van der Waals surface area contributed by atoms with Gasteiger partial charge in [-0.15, -0.1) is 0 Å². The van der Waals surface area contributed by atoms with Gasteiger partial charge in [0.15, 0.2) is 5.82 Å². The molecular formula is C19H21F3N6OS. The van der Waals surface area contributed by atoms with E-state index in [1.807, 2.05) is 6.07 Å². The van der Waals surface area contributed by atoms with E-state index in [9.17, 15) is 18.3 Å². The molecule has 1 aromatic carbocycles. The third-order valence-electron chi connectivity index (χ3n) is 4.98. The van der Waals surface area contributed by atoms with E-state index in [-0.39, 0.29) is 22.7 Å². The predicted octanol–water partition coefficient (Wildman–Crippen LogP) is 2.98. The van der Waals surface area contributed by atoms with Crippen molar-refractivity contribution in [3.05, 3.63) is 48.4 Å². The van der Waals surface area contributed by atoms with E-state index in [4.69, 9.17) is 5.73 Å². The molecule has 0 amide bonds. The molecule has 3 heterocycles. The lowest BCUT2D eigenvalue weighted by Crippen LogP contribution is -2.50. The maximum absolute atomic E-state index is 12.7. The highest BCUT2D eigenvalue weighted by atomic mass is 32.2. The number of nitrogens with zero attached hydrogens (tertiary/aromatic N) is 4. The molecule has 1 fully saturated rings. The molecule has 2 atom stereocenters. The minimum Gasteiger partial charge on any atom is -0.390 e. The molecule has 3 aromatic rings. The van der Waals surface area contributed by atoms with Gasteiger partial charge in [0, 0.05) is 42.5 Å². The lowest BCUT2D eigenvalue weighted by Gasteiger charge is -2.33. The first kappa shape index (κ1) is 20.9. The van der Waals surface area contributed by atoms with Crippen LogP contribution >= 0.6 is 11.8 Å². The van der Waals surface area contributed by atoms with Gasteiger partial charge in [0.25, 0.3) is 0 Å². The van der Waals surface area contributed by atoms with Crippen LogP contribution in [0.2, 0.25) is 0 Å². The summed E-state index contributed by atoms with van der Waals surface area (Å²) in [7, 11) is 0. The molecular weight excluding hydrogens is 417 g/mol. The van der Waals surface area contributed by atoms with Crippen molar-refractivity contribution in [1.29, 1.82) is 0 Å². The number of β-amino-alcohol motifs (C(OH)–C–C–N with tert-alkyl or cyclic N) is 1. The molecule has 0 bridgehead atoms. The van der Waals surface area contributed by atoms with Crippen LogP contribution in [0.5, 0.6) is 0 Å². The highest BCUT2D eigenvalue weighted by molar-refractivity contribution is 8.00. The van der Waals surface area contributed by atoms with Crippen LogP contribution in [0.25, 0.3) is 5.52 Å². The monoisotopic (exact) mass is 438 g/mol. The Morgan fingerprint density at radius 3 is 2.90 bits per heavy atom. The third kappa shape index (κ3) is 4.86. The highest BCUT2D eigenvalue weighted by Gasteiger charge is 2.29. The molecule has 30 heavy (non-hydrogen) atoms. The number of benzene rings is 1. The number of aliphatic hydroxyl groups excluding tert-OH is 1. The zero-order valence-corrected chi connectivity index (χ0v) is 16.7. The van der Waals surface area contributed by atoms with Gasteiger partial charge in [-0.3, -0.25) is 4.90 Å². The van der Waals surface area contributed by atoms with Gasteiger partial charge in [0.2, 0.25) is 0 Å². The van der Waals surface area contributed by atoms with Crippen LogP contribution in [0.15, 0.2) is 47.8 Å². The van der Waals surface area contributed by atoms with Crippen LogP contribution in [0, 0.1) is 0 Å². The fourth-order valence-corrected chi connectivity index (χ4v) is 4.14. The molecule has 1 aliphatic rings. The van der Waals surface area contributed by atoms with Crippen molar-refractivity contribution in [3.8, 4) is 0 Å². The molecule has 0 spiro atoms. The maximum Gasteiger partial charge on any atom is 0.446 e. The van der Waals surface area contributed by atoms with E-state index in [0.29, 0.717) is 31.0 Å². The van der Waals surface area contributed by atoms with E-state index in [2.05, 4.69) is 20.3 Å². The van der Waals surface area contributed by atoms with Gasteiger partial charge in [-0.05, 0) is 48.0 Å². The van der Waals surface area contributed by atoms with Crippen molar-refractivity contribution in [2.24, 2.45) is 5.73 Å². The Balaban J connectivity index is 1.58. The number of halogens is 3. The summed E-state index contributed by atoms with van der Waals surface area (Å²) in [6.45, 7) is 1.82. The summed E-state index contributed by atoms with van der Waals surface area (Å²) in [5.74, 6) is 0.494. The van der Waals surface area contributed by atoms with Crippen molar-refractivity contribution in [3.63, 3.8) is 0 Å². The van der Waals surface area contributed by atoms with E-state index >= 15 is 0 Å². The lowest BCUT2D eigenvalue weighted by atomic mass is 10.0. The van der Waals surface area contributed by atoms with Crippen molar-refractivity contribution in [2.45, 2.75) is 35.5 Å². The highest BCUT2D eigenvalue weighted by Crippen LogP contribution is 2.38. The normalized spacial score (nSPS) is 20.6. The Kier molecular flexibility index (Phi) is 5.87. The molecule has 0 unspecified atom stereocenters. The number of likely N-dealkylation sites (tertiary alicyclic amines) is 1. The van der Waals surface area contributed by atoms with Gasteiger partial charge in [-0.25, -0.2) is 9.50 Å². The van der Waals surface area contributed by atoms with Crippen LogP contribution in [-0.4, -0.2) is 55.3 Å². The number of aliphatic hydroxyl groups is 1. The van der Waals surface area contributed by atoms with Gasteiger partial charge in [0.1, 0.15) is 11.8 Å². The Labute approximate surface area is 175 Å². The SMILES string of the molecule is N[C@@H]1CCN(Cc2ccn3ncnc(Nc4cccc(SC(F)(F)F)c4)c23)C[C@H]1O. The fraction of sp³-hybridized carbons (Fsp3) is 0.368. The Bertz CT molecular complexity index is 1030. The van der Waals surface area contributed by atoms with Gasteiger partial charge >= 0.3 is 5.51 Å². The molecule has 0 radical (unpaired) electrons. The van der Waals surface area contributed by atoms with Crippen LogP contribution in [0.1, 0.15) is 12.0 Å². The standard InChI is InChI=1S/C19H21F3N6OS/c20-19(21,22)30-14-3-1-2-13(8-14)26-18-17-12(4-7-28(17)25-11-24-18)9-27-6-5-15(23)16(29)10-27/h1-4,7-8,11,15-16,29H,5-6,9-10,23H2,(H,24,25,26)/t15-,16-/m1/s1. The number of aromatic nitrogens is 3. The second kappa shape index (κ2) is 8.42. The van der Waals surface area contributed by atoms with E-state index in [0.717, 1.165) is 17.6 Å². The molecule has 11 heteroatoms. The minimum absolute atomic E-state index is 0.0897. The number of hydrogen-bond acceptors (Lipinski definition) is 7. The second-order valence-electron chi connectivity index (χ2n) is 7.20. The molecule has 0 saturated carbocycles. The maximum atomic E-state index is 12.7. The molecule has 4 N–H and O–H groups in total. The number of piperidine rings is 1. The van der Waals surface area contributed by atoms with Crippen molar-refractivity contribution in [2.75, 3.05) is 18.4 Å². The predicted molar refractivity (Wildman–Crippen MR) is 108 cm³/mol. The summed E-state index contributed by atoms with van der Waals surface area (Å²) >= 11 is -0.161. The smallest absolute Gasteiger partial charge is 0.390 e. The average Bonchev–Trinajstić information content (AvgIpc) is 3.08. The van der Waals surface area contributed by atoms with Crippen LogP contribution in [0.3, 0.4) is 0 Å². The molecule has 160 valence electrons. The number of nitrogens with one attached hydrogen (secondary N) is 1. The van der Waals surface area contributed by atoms with E-state index in [1.165, 1.54) is 18.5 Å². The van der Waals surface area contributed by atoms with Gasteiger partial charge < -0.3 is 16.2 Å². The Hall–Kier alpha value is -2.34. The number of fused-ring (bicyclic) bond motifs is 1. The summed E-state index contributed by atoms with van der Waals surface area (Å²) in [4.78, 5) is 6.50. The zero-order chi connectivity index (χ0) is 21.3. The van der Waals surface area contributed by atoms with Crippen LogP contribution in [-0.2, 0) is 6.54 Å². The first-order valence-electron chi connectivity index (χ1n) is 9.38. The topological polar surface area (TPSA) is 91.7 Å². The quantitative estimate of drug-likeness (QED) is 0.528. The summed E-state index contributed by atoms with van der Waals surface area (Å²) in [6.07, 6.45) is 3.32. The lowest BCUT2D eigenvalue weighted by molar-refractivity contribution is -0.0328. The minimum atomic E-state index is -4.35. The summed E-state index contributed by atoms with van der Waals surface area (Å²) < 4.78 is 39.7. The van der Waals surface area contributed by atoms with Crippen molar-refractivity contribution < 1.29 is 18.3 Å². The molecule has 7 nitrogen and oxygen atoms in total. The number of alkyl halides is 3. The van der Waals surface area contributed by atoms with Gasteiger partial charge in [0.05, 0.1) is 6.10 Å². The fourth-order valence-electron chi connectivity index (χ4n) is 3.54. The largest absolute Gasteiger partial charge is 0.446 e. The van der Waals surface area contributed by atoms with Crippen LogP contribution < -0.4 is 11.1 Å². The summed E-state index contributed by atoms with van der Waals surface area (Å²) in [5.41, 5.74) is 3.71. The molecule has 2 aromatic heterocycles. The van der Waals surface area contributed by atoms with Crippen LogP contribution in [0.4, 0.5) is 24.7 Å². The Morgan fingerprint density at radius 1 is 1.30 bits per heavy atom. The number of anilines is 2. The van der Waals surface area contributed by atoms with Crippen molar-refractivity contribution in [1.82, 2.24) is 19.5 Å². The molecule has 4 rings (SSSR count). The van der Waals surface area contributed by atoms with Crippen molar-refractivity contribution >= 4 is 28.8 Å². The first-order valence-corrected chi connectivity index (χ1v) is 10.2. The van der Waals surface area contributed by atoms with E-state index in [1.54, 1.807) is 22.8 Å². The number of thioether (sulfide) groups is 1. The molecule has 1 saturated heterocycles. The Morgan fingerprint density at radius 2 is 2.13 bits per heavy atom. The van der Waals surface area contributed by atoms with Gasteiger partial charge in [-0.1, -0.05) is 6.07 Å². The molecule has 1 aliphatic heterocycles. The summed E-state index contributed by atoms with van der Waals surface area (Å²) in [6, 6.07) is 7.80. The van der Waals surface area contributed by atoms with E-state index < -0.39 is 11.6 Å². The third-order valence-corrected chi connectivity index (χ3v) is 5.70. The number of hydrogen-bond donors (Lipinski definition) is 3. The molecule has 0 aliphatic carbocycles. The first-order chi connectivity index (χ1) is 14.3. The second-order valence-corrected chi connectivity index (χ2v) is 8.34. The summed E-state index contributed by atoms with van der Waals surface area (Å²) in [5, 5.41) is 17.4.